The maximum atomic E-state index is 3.95. The van der Waals surface area contributed by atoms with Crippen LogP contribution in [-0.4, -0.2) is 0 Å². The van der Waals surface area contributed by atoms with Crippen LogP contribution in [0.15, 0.2) is 23.8 Å². The molecule has 0 amide bonds. The molecule has 0 aromatic carbocycles. The molecule has 2 atom stereocenters. The van der Waals surface area contributed by atoms with Gasteiger partial charge < -0.3 is 0 Å². The maximum Gasteiger partial charge on any atom is -0.0209 e. The molecule has 0 aromatic rings. The molecule has 0 radical (unpaired) electrons. The van der Waals surface area contributed by atoms with Crippen molar-refractivity contribution in [1.29, 1.82) is 0 Å². The van der Waals surface area contributed by atoms with Crippen LogP contribution >= 0.6 is 0 Å². The minimum atomic E-state index is 0.717. The van der Waals surface area contributed by atoms with E-state index in [0.29, 0.717) is 5.92 Å². The third kappa shape index (κ3) is 5.26. The Bertz CT molecular complexity index is 198. The van der Waals surface area contributed by atoms with E-state index in [0.717, 1.165) is 12.3 Å². The van der Waals surface area contributed by atoms with Gasteiger partial charge in [0, 0.05) is 0 Å². The van der Waals surface area contributed by atoms with E-state index < -0.39 is 0 Å². The minimum Gasteiger partial charge on any atom is -0.100 e. The second-order valence-corrected chi connectivity index (χ2v) is 4.62. The van der Waals surface area contributed by atoms with Gasteiger partial charge in [0.1, 0.15) is 0 Å². The summed E-state index contributed by atoms with van der Waals surface area (Å²) in [6, 6.07) is 0. The molecule has 0 heterocycles. The highest BCUT2D eigenvalue weighted by Gasteiger charge is 2.12. The lowest BCUT2D eigenvalue weighted by Gasteiger charge is -2.20. The van der Waals surface area contributed by atoms with Crippen LogP contribution in [0.1, 0.15) is 53.9 Å². The highest BCUT2D eigenvalue weighted by Crippen LogP contribution is 2.25. The van der Waals surface area contributed by atoms with Gasteiger partial charge in [-0.1, -0.05) is 38.0 Å². The van der Waals surface area contributed by atoms with Crippen molar-refractivity contribution < 1.29 is 0 Å². The third-order valence-corrected chi connectivity index (χ3v) is 3.12. The first-order valence-electron chi connectivity index (χ1n) is 5.80. The molecule has 0 fully saturated rings. The van der Waals surface area contributed by atoms with Gasteiger partial charge in [0.15, 0.2) is 0 Å². The summed E-state index contributed by atoms with van der Waals surface area (Å²) in [7, 11) is 0. The number of allylic oxidation sites excluding steroid dienone is 3. The monoisotopic (exact) mass is 194 g/mol. The van der Waals surface area contributed by atoms with Crippen molar-refractivity contribution in [2.75, 3.05) is 0 Å². The van der Waals surface area contributed by atoms with Gasteiger partial charge >= 0.3 is 0 Å². The molecule has 0 aromatic heterocycles. The van der Waals surface area contributed by atoms with E-state index in [1.807, 2.05) is 0 Å². The van der Waals surface area contributed by atoms with E-state index in [2.05, 4.69) is 47.3 Å². The molecule has 0 saturated heterocycles. The SMILES string of the molecule is C=C(C)CCC(C)C(C)C(C)=CCC. The molecular weight excluding hydrogens is 168 g/mol. The average Bonchev–Trinajstić information content (AvgIpc) is 2.13. The van der Waals surface area contributed by atoms with Crippen molar-refractivity contribution >= 4 is 0 Å². The molecule has 0 N–H and O–H groups in total. The van der Waals surface area contributed by atoms with Crippen LogP contribution in [0, 0.1) is 11.8 Å². The third-order valence-electron chi connectivity index (χ3n) is 3.12. The van der Waals surface area contributed by atoms with Crippen molar-refractivity contribution in [1.82, 2.24) is 0 Å². The number of hydrogen-bond donors (Lipinski definition) is 0. The predicted octanol–water partition coefficient (Wildman–Crippen LogP) is 4.97. The van der Waals surface area contributed by atoms with Gasteiger partial charge in [-0.25, -0.2) is 0 Å². The lowest BCUT2D eigenvalue weighted by Crippen LogP contribution is -2.09. The molecule has 0 nitrogen and oxygen atoms in total. The van der Waals surface area contributed by atoms with Gasteiger partial charge in [0.05, 0.1) is 0 Å². The highest BCUT2D eigenvalue weighted by molar-refractivity contribution is 5.03. The van der Waals surface area contributed by atoms with Gasteiger partial charge in [-0.05, 0) is 44.9 Å². The molecular formula is C14H26. The van der Waals surface area contributed by atoms with Crippen molar-refractivity contribution in [3.05, 3.63) is 23.8 Å². The molecule has 0 spiro atoms. The summed E-state index contributed by atoms with van der Waals surface area (Å²) in [5, 5.41) is 0. The lowest BCUT2D eigenvalue weighted by atomic mass is 9.85. The molecule has 0 aliphatic carbocycles. The summed E-state index contributed by atoms with van der Waals surface area (Å²) < 4.78 is 0. The fourth-order valence-electron chi connectivity index (χ4n) is 1.68. The van der Waals surface area contributed by atoms with E-state index in [1.54, 1.807) is 5.57 Å². The Labute approximate surface area is 90.1 Å². The normalized spacial score (nSPS) is 16.5. The van der Waals surface area contributed by atoms with E-state index in [9.17, 15) is 0 Å². The Morgan fingerprint density at radius 2 is 1.86 bits per heavy atom. The van der Waals surface area contributed by atoms with Crippen LogP contribution in [-0.2, 0) is 0 Å². The molecule has 0 heteroatoms. The Morgan fingerprint density at radius 3 is 2.29 bits per heavy atom. The zero-order valence-corrected chi connectivity index (χ0v) is 10.6. The smallest absolute Gasteiger partial charge is 0.0209 e. The van der Waals surface area contributed by atoms with Crippen molar-refractivity contribution in [3.63, 3.8) is 0 Å². The molecule has 0 bridgehead atoms. The van der Waals surface area contributed by atoms with Crippen LogP contribution in [0.4, 0.5) is 0 Å². The maximum absolute atomic E-state index is 3.95. The Kier molecular flexibility index (Phi) is 6.61. The summed E-state index contributed by atoms with van der Waals surface area (Å²) in [5.41, 5.74) is 2.85. The van der Waals surface area contributed by atoms with Gasteiger partial charge in [0.2, 0.25) is 0 Å². The van der Waals surface area contributed by atoms with Crippen LogP contribution in [0.3, 0.4) is 0 Å². The first-order valence-corrected chi connectivity index (χ1v) is 5.80. The van der Waals surface area contributed by atoms with Crippen LogP contribution in [0.25, 0.3) is 0 Å². The van der Waals surface area contributed by atoms with E-state index in [1.165, 1.54) is 18.4 Å². The Morgan fingerprint density at radius 1 is 1.29 bits per heavy atom. The lowest BCUT2D eigenvalue weighted by molar-refractivity contribution is 0.410. The highest BCUT2D eigenvalue weighted by atomic mass is 14.2. The largest absolute Gasteiger partial charge is 0.100 e. The van der Waals surface area contributed by atoms with Crippen molar-refractivity contribution in [3.8, 4) is 0 Å². The number of rotatable bonds is 6. The Hall–Kier alpha value is -0.520. The summed E-state index contributed by atoms with van der Waals surface area (Å²) in [5.74, 6) is 1.49. The van der Waals surface area contributed by atoms with E-state index in [4.69, 9.17) is 0 Å². The molecule has 0 saturated carbocycles. The van der Waals surface area contributed by atoms with Crippen molar-refractivity contribution in [2.45, 2.75) is 53.9 Å². The van der Waals surface area contributed by atoms with E-state index >= 15 is 0 Å². The first-order chi connectivity index (χ1) is 6.49. The van der Waals surface area contributed by atoms with Gasteiger partial charge in [-0.2, -0.15) is 0 Å². The quantitative estimate of drug-likeness (QED) is 0.524. The van der Waals surface area contributed by atoms with Gasteiger partial charge in [0.25, 0.3) is 0 Å². The van der Waals surface area contributed by atoms with Crippen LogP contribution in [0.2, 0.25) is 0 Å². The minimum absolute atomic E-state index is 0.717. The Balaban J connectivity index is 4.04. The number of hydrogen-bond acceptors (Lipinski definition) is 0. The zero-order chi connectivity index (χ0) is 11.1. The average molecular weight is 194 g/mol. The topological polar surface area (TPSA) is 0 Å². The van der Waals surface area contributed by atoms with Gasteiger partial charge in [-0.15, -0.1) is 6.58 Å². The van der Waals surface area contributed by atoms with Crippen LogP contribution in [0.5, 0.6) is 0 Å². The summed E-state index contributed by atoms with van der Waals surface area (Å²) in [6.07, 6.45) is 5.95. The van der Waals surface area contributed by atoms with E-state index in [-0.39, 0.29) is 0 Å². The zero-order valence-electron chi connectivity index (χ0n) is 10.6. The summed E-state index contributed by atoms with van der Waals surface area (Å²) in [4.78, 5) is 0. The first kappa shape index (κ1) is 13.5. The summed E-state index contributed by atoms with van der Waals surface area (Å²) in [6.45, 7) is 15.2. The van der Waals surface area contributed by atoms with Crippen molar-refractivity contribution in [2.24, 2.45) is 11.8 Å². The fraction of sp³-hybridized carbons (Fsp3) is 0.714. The standard InChI is InChI=1S/C14H26/c1-7-8-12(4)14(6)13(5)10-9-11(2)3/h8,13-14H,2,7,9-10H2,1,3-6H3. The van der Waals surface area contributed by atoms with Crippen LogP contribution < -0.4 is 0 Å². The molecule has 82 valence electrons. The van der Waals surface area contributed by atoms with Gasteiger partial charge in [-0.3, -0.25) is 0 Å². The molecule has 0 rings (SSSR count). The second-order valence-electron chi connectivity index (χ2n) is 4.62. The molecule has 0 aliphatic heterocycles. The second kappa shape index (κ2) is 6.86. The molecule has 0 aliphatic rings. The predicted molar refractivity (Wildman–Crippen MR) is 66.4 cm³/mol. The molecule has 2 unspecified atom stereocenters. The molecule has 14 heavy (non-hydrogen) atoms. The summed E-state index contributed by atoms with van der Waals surface area (Å²) >= 11 is 0. The fourth-order valence-corrected chi connectivity index (χ4v) is 1.68.